The van der Waals surface area contributed by atoms with E-state index in [1.165, 1.54) is 18.2 Å². The molecule has 2 aliphatic rings. The number of carbonyl (C=O) groups excluding carboxylic acids is 1. The number of pyridine rings is 1. The molecule has 1 amide bonds. The molecule has 8 nitrogen and oxygen atoms in total. The predicted octanol–water partition coefficient (Wildman–Crippen LogP) is 5.41. The topological polar surface area (TPSA) is 82.2 Å². The molecule has 4 rings (SSSR count). The number of amides is 1. The Morgan fingerprint density at radius 1 is 1.12 bits per heavy atom. The molecule has 0 radical (unpaired) electrons. The first kappa shape index (κ1) is 31.3. The predicted molar refractivity (Wildman–Crippen MR) is 153 cm³/mol. The second-order valence-electron chi connectivity index (χ2n) is 10.2. The summed E-state index contributed by atoms with van der Waals surface area (Å²) in [6.07, 6.45) is 0.549. The molecule has 0 aliphatic carbocycles. The van der Waals surface area contributed by atoms with Gasteiger partial charge in [0.05, 0.1) is 32.0 Å². The van der Waals surface area contributed by atoms with Crippen LogP contribution in [0.1, 0.15) is 41.8 Å². The number of hydrogen-bond acceptors (Lipinski definition) is 7. The Morgan fingerprint density at radius 2 is 1.88 bits per heavy atom. The van der Waals surface area contributed by atoms with Crippen molar-refractivity contribution < 1.29 is 36.9 Å². The third-order valence-corrected chi connectivity index (χ3v) is 7.07. The molecule has 2 fully saturated rings. The van der Waals surface area contributed by atoms with Gasteiger partial charge in [0.15, 0.2) is 0 Å². The molecular weight excluding hydrogens is 551 g/mol. The van der Waals surface area contributed by atoms with Crippen LogP contribution < -0.4 is 15.0 Å². The summed E-state index contributed by atoms with van der Waals surface area (Å²) in [5.41, 5.74) is 2.58. The van der Waals surface area contributed by atoms with E-state index in [9.17, 15) is 18.0 Å². The van der Waals surface area contributed by atoms with Crippen LogP contribution in [0.25, 0.3) is 5.57 Å². The number of rotatable bonds is 9. The number of nitrogens with zero attached hydrogens (tertiary/aromatic N) is 2. The van der Waals surface area contributed by atoms with E-state index in [-0.39, 0.29) is 17.8 Å². The highest BCUT2D eigenvalue weighted by Crippen LogP contribution is 2.34. The van der Waals surface area contributed by atoms with E-state index in [0.717, 1.165) is 34.5 Å². The first-order valence-electron chi connectivity index (χ1n) is 13.7. The van der Waals surface area contributed by atoms with Crippen molar-refractivity contribution in [3.05, 3.63) is 83.2 Å². The average Bonchev–Trinajstić information content (AvgIpc) is 2.99. The second-order valence-corrected chi connectivity index (χ2v) is 10.2. The number of anilines is 1. The van der Waals surface area contributed by atoms with Crippen molar-refractivity contribution in [1.29, 1.82) is 0 Å². The van der Waals surface area contributed by atoms with Crippen molar-refractivity contribution >= 4 is 17.2 Å². The van der Waals surface area contributed by atoms with E-state index in [1.807, 2.05) is 19.9 Å². The molecule has 3 heterocycles. The highest BCUT2D eigenvalue weighted by molar-refractivity contribution is 5.96. The number of hydrogen-bond donors (Lipinski definition) is 1. The summed E-state index contributed by atoms with van der Waals surface area (Å²) in [4.78, 5) is 19.7. The van der Waals surface area contributed by atoms with Gasteiger partial charge in [-0.25, -0.2) is 4.98 Å². The van der Waals surface area contributed by atoms with Gasteiger partial charge in [-0.3, -0.25) is 4.79 Å². The molecule has 226 valence electrons. The number of morpholine rings is 1. The number of ether oxygens (including phenoxy) is 4. The summed E-state index contributed by atoms with van der Waals surface area (Å²) in [7, 11) is 1.63. The quantitative estimate of drug-likeness (QED) is 0.393. The van der Waals surface area contributed by atoms with Crippen molar-refractivity contribution in [2.45, 2.75) is 38.7 Å². The number of aromatic nitrogens is 1. The van der Waals surface area contributed by atoms with Crippen molar-refractivity contribution in [2.75, 3.05) is 51.5 Å². The lowest BCUT2D eigenvalue weighted by atomic mass is 10.0. The molecule has 11 heteroatoms. The zero-order chi connectivity index (χ0) is 30.3. The third kappa shape index (κ3) is 7.78. The fourth-order valence-corrected chi connectivity index (χ4v) is 4.76. The van der Waals surface area contributed by atoms with Crippen LogP contribution in [0.5, 0.6) is 5.88 Å². The number of carbonyl (C=O) groups is 1. The van der Waals surface area contributed by atoms with Gasteiger partial charge in [0.2, 0.25) is 5.88 Å². The molecule has 2 saturated heterocycles. The van der Waals surface area contributed by atoms with Crippen LogP contribution in [-0.4, -0.2) is 69.7 Å². The Bertz CT molecular complexity index is 1330. The first-order chi connectivity index (χ1) is 20.1. The molecule has 0 bridgehead atoms. The molecule has 2 unspecified atom stereocenters. The SMILES string of the molecule is C=CC(=CC(=C(C)C)c1cnc(OC2CCOCC2OC)c(N2CCOCC2)c1)NC(=O)c1cccc(C(F)(F)F)c1. The minimum atomic E-state index is -4.56. The zero-order valence-electron chi connectivity index (χ0n) is 24.0. The van der Waals surface area contributed by atoms with Crippen molar-refractivity contribution in [3.8, 4) is 5.88 Å². The van der Waals surface area contributed by atoms with Crippen LogP contribution in [-0.2, 0) is 20.4 Å². The molecule has 0 spiro atoms. The Labute approximate surface area is 243 Å². The fraction of sp³-hybridized carbons (Fsp3) is 0.419. The van der Waals surface area contributed by atoms with Crippen molar-refractivity contribution in [3.63, 3.8) is 0 Å². The lowest BCUT2D eigenvalue weighted by molar-refractivity contribution is -0.137. The number of nitrogens with one attached hydrogen (secondary N) is 1. The highest BCUT2D eigenvalue weighted by Gasteiger charge is 2.31. The summed E-state index contributed by atoms with van der Waals surface area (Å²) >= 11 is 0. The Morgan fingerprint density at radius 3 is 2.55 bits per heavy atom. The van der Waals surface area contributed by atoms with Crippen LogP contribution in [0.15, 0.2) is 66.5 Å². The Kier molecular flexibility index (Phi) is 10.4. The van der Waals surface area contributed by atoms with Gasteiger partial charge in [0.1, 0.15) is 17.9 Å². The van der Waals surface area contributed by atoms with Crippen molar-refractivity contribution in [2.24, 2.45) is 0 Å². The zero-order valence-corrected chi connectivity index (χ0v) is 24.0. The van der Waals surface area contributed by atoms with E-state index < -0.39 is 17.6 Å². The lowest BCUT2D eigenvalue weighted by Crippen LogP contribution is -2.42. The monoisotopic (exact) mass is 587 g/mol. The van der Waals surface area contributed by atoms with Crippen LogP contribution in [0.2, 0.25) is 0 Å². The van der Waals surface area contributed by atoms with Crippen LogP contribution in [0.4, 0.5) is 18.9 Å². The van der Waals surface area contributed by atoms with Crippen LogP contribution >= 0.6 is 0 Å². The molecule has 2 aromatic rings. The number of benzene rings is 1. The molecule has 2 atom stereocenters. The maximum atomic E-state index is 13.2. The smallest absolute Gasteiger partial charge is 0.416 e. The molecule has 1 aromatic carbocycles. The van der Waals surface area contributed by atoms with E-state index in [4.69, 9.17) is 23.9 Å². The summed E-state index contributed by atoms with van der Waals surface area (Å²) in [6.45, 7) is 11.1. The third-order valence-electron chi connectivity index (χ3n) is 7.07. The number of methoxy groups -OCH3 is 1. The maximum Gasteiger partial charge on any atom is 0.416 e. The van der Waals surface area contributed by atoms with Crippen LogP contribution in [0, 0.1) is 0 Å². The maximum absolute atomic E-state index is 13.2. The molecule has 1 aromatic heterocycles. The summed E-state index contributed by atoms with van der Waals surface area (Å²) in [6, 6.07) is 6.27. The van der Waals surface area contributed by atoms with E-state index in [2.05, 4.69) is 16.8 Å². The molecular formula is C31H36F3N3O5. The van der Waals surface area contributed by atoms with E-state index in [0.29, 0.717) is 57.5 Å². The summed E-state index contributed by atoms with van der Waals surface area (Å²) in [5.74, 6) is -0.200. The minimum Gasteiger partial charge on any atom is -0.470 e. The lowest BCUT2D eigenvalue weighted by Gasteiger charge is -2.34. The van der Waals surface area contributed by atoms with Crippen molar-refractivity contribution in [1.82, 2.24) is 10.3 Å². The first-order valence-corrected chi connectivity index (χ1v) is 13.7. The van der Waals surface area contributed by atoms with Gasteiger partial charge in [-0.2, -0.15) is 13.2 Å². The normalized spacial score (nSPS) is 19.7. The van der Waals surface area contributed by atoms with E-state index in [1.54, 1.807) is 19.4 Å². The standard InChI is InChI=1S/C31H36F3N3O5/c1-5-24(36-29(38)21-7-6-8-23(15-21)31(32,33)34)17-25(20(2)3)22-16-26(37-10-13-40-14-11-37)30(35-18-22)42-27-9-12-41-19-28(27)39-4/h5-8,15-18,27-28H,1,9-14,19H2,2-4H3,(H,36,38). The van der Waals surface area contributed by atoms with Gasteiger partial charge in [-0.05, 0) is 55.8 Å². The highest BCUT2D eigenvalue weighted by atomic mass is 19.4. The van der Waals surface area contributed by atoms with E-state index >= 15 is 0 Å². The summed E-state index contributed by atoms with van der Waals surface area (Å²) < 4.78 is 62.6. The molecule has 0 saturated carbocycles. The van der Waals surface area contributed by atoms with Crippen LogP contribution in [0.3, 0.4) is 0 Å². The average molecular weight is 588 g/mol. The number of alkyl halides is 3. The fourth-order valence-electron chi connectivity index (χ4n) is 4.76. The summed E-state index contributed by atoms with van der Waals surface area (Å²) in [5, 5.41) is 2.68. The number of allylic oxidation sites excluding steroid dienone is 4. The Balaban J connectivity index is 1.64. The minimum absolute atomic E-state index is 0.114. The molecule has 42 heavy (non-hydrogen) atoms. The molecule has 1 N–H and O–H groups in total. The van der Waals surface area contributed by atoms with Gasteiger partial charge in [-0.15, -0.1) is 0 Å². The molecule has 2 aliphatic heterocycles. The van der Waals surface area contributed by atoms with Gasteiger partial charge >= 0.3 is 6.18 Å². The van der Waals surface area contributed by atoms with Gasteiger partial charge in [0, 0.05) is 49.6 Å². The second kappa shape index (κ2) is 14.0. The number of halogens is 3. The Hall–Kier alpha value is -3.67. The van der Waals surface area contributed by atoms with Gasteiger partial charge in [0.25, 0.3) is 5.91 Å². The largest absolute Gasteiger partial charge is 0.470 e. The van der Waals surface area contributed by atoms with Gasteiger partial charge in [-0.1, -0.05) is 18.2 Å². The van der Waals surface area contributed by atoms with Gasteiger partial charge < -0.3 is 29.2 Å².